The van der Waals surface area contributed by atoms with E-state index in [4.69, 9.17) is 14.2 Å². The van der Waals surface area contributed by atoms with Crippen molar-refractivity contribution in [3.63, 3.8) is 0 Å². The molecule has 0 amide bonds. The van der Waals surface area contributed by atoms with Crippen LogP contribution in [0.25, 0.3) is 17.0 Å². The van der Waals surface area contributed by atoms with Crippen molar-refractivity contribution >= 4 is 22.9 Å². The number of nitrogens with one attached hydrogen (secondary N) is 1. The van der Waals surface area contributed by atoms with Gasteiger partial charge in [-0.3, -0.25) is 0 Å². The summed E-state index contributed by atoms with van der Waals surface area (Å²) >= 11 is 0. The molecule has 1 N–H and O–H groups in total. The van der Waals surface area contributed by atoms with Gasteiger partial charge in [0.2, 0.25) is 0 Å². The topological polar surface area (TPSA) is 60.6 Å². The van der Waals surface area contributed by atoms with Gasteiger partial charge in [-0.1, -0.05) is 18.2 Å². The summed E-state index contributed by atoms with van der Waals surface area (Å²) in [6, 6.07) is 7.95. The third-order valence-electron chi connectivity index (χ3n) is 4.21. The first-order valence-corrected chi connectivity index (χ1v) is 7.49. The molecule has 2 aliphatic rings. The minimum Gasteiger partial charge on any atom is -0.454 e. The Bertz CT molecular complexity index is 720. The molecule has 0 unspecified atom stereocenters. The van der Waals surface area contributed by atoms with Crippen molar-refractivity contribution in [2.24, 2.45) is 0 Å². The zero-order valence-electron chi connectivity index (χ0n) is 12.0. The molecule has 2 fully saturated rings. The summed E-state index contributed by atoms with van der Waals surface area (Å²) in [4.78, 5) is 15.2. The van der Waals surface area contributed by atoms with Gasteiger partial charge in [-0.15, -0.1) is 0 Å². The summed E-state index contributed by atoms with van der Waals surface area (Å²) in [5.74, 6) is -0.366. The second-order valence-electron chi connectivity index (χ2n) is 5.59. The highest BCUT2D eigenvalue weighted by Gasteiger charge is 2.43. The average molecular weight is 299 g/mol. The zero-order valence-corrected chi connectivity index (χ0v) is 12.0. The van der Waals surface area contributed by atoms with E-state index >= 15 is 0 Å². The van der Waals surface area contributed by atoms with Crippen LogP contribution in [0.4, 0.5) is 0 Å². The number of rotatable bonds is 3. The van der Waals surface area contributed by atoms with Gasteiger partial charge < -0.3 is 19.2 Å². The number of benzene rings is 1. The molecule has 0 aliphatic carbocycles. The van der Waals surface area contributed by atoms with Crippen LogP contribution in [0.1, 0.15) is 12.0 Å². The van der Waals surface area contributed by atoms with E-state index in [0.29, 0.717) is 13.2 Å². The van der Waals surface area contributed by atoms with Gasteiger partial charge in [0.15, 0.2) is 6.10 Å². The summed E-state index contributed by atoms with van der Waals surface area (Å²) in [6.45, 7) is 1.09. The normalized spacial score (nSPS) is 27.5. The van der Waals surface area contributed by atoms with Crippen molar-refractivity contribution in [3.05, 3.63) is 42.1 Å². The van der Waals surface area contributed by atoms with E-state index < -0.39 is 0 Å². The molecule has 0 saturated carbocycles. The van der Waals surface area contributed by atoms with Crippen LogP contribution in [0.15, 0.2) is 36.5 Å². The number of para-hydroxylation sites is 1. The van der Waals surface area contributed by atoms with Crippen LogP contribution in [-0.2, 0) is 19.0 Å². The van der Waals surface area contributed by atoms with Crippen LogP contribution < -0.4 is 0 Å². The Morgan fingerprint density at radius 3 is 3.18 bits per heavy atom. The lowest BCUT2D eigenvalue weighted by atomic mass is 10.1. The van der Waals surface area contributed by atoms with E-state index in [1.165, 1.54) is 6.08 Å². The predicted molar refractivity (Wildman–Crippen MR) is 81.3 cm³/mol. The number of hydrogen-bond donors (Lipinski definition) is 1. The van der Waals surface area contributed by atoms with Crippen LogP contribution in [0.2, 0.25) is 0 Å². The second-order valence-corrected chi connectivity index (χ2v) is 5.59. The van der Waals surface area contributed by atoms with E-state index in [-0.39, 0.29) is 24.3 Å². The highest BCUT2D eigenvalue weighted by molar-refractivity contribution is 5.94. The van der Waals surface area contributed by atoms with Crippen molar-refractivity contribution in [1.82, 2.24) is 4.98 Å². The Kier molecular flexibility index (Phi) is 3.44. The summed E-state index contributed by atoms with van der Waals surface area (Å²) < 4.78 is 16.6. The first-order chi connectivity index (χ1) is 10.8. The smallest absolute Gasteiger partial charge is 0.331 e. The number of aromatic nitrogens is 1. The molecule has 0 bridgehead atoms. The Morgan fingerprint density at radius 2 is 2.23 bits per heavy atom. The molecule has 1 aromatic carbocycles. The molecule has 5 nitrogen and oxygen atoms in total. The molecule has 2 aliphatic heterocycles. The highest BCUT2D eigenvalue weighted by atomic mass is 16.6. The highest BCUT2D eigenvalue weighted by Crippen LogP contribution is 2.28. The van der Waals surface area contributed by atoms with Crippen molar-refractivity contribution in [3.8, 4) is 0 Å². The molecule has 0 radical (unpaired) electrons. The van der Waals surface area contributed by atoms with E-state index in [0.717, 1.165) is 22.9 Å². The Balaban J connectivity index is 1.43. The lowest BCUT2D eigenvalue weighted by Gasteiger charge is -2.15. The SMILES string of the molecule is O=C(/C=C/c1c[nH]c2ccccc12)O[C@H]1CO[C@@H]2CCO[C@@H]12. The molecule has 1 aromatic heterocycles. The zero-order chi connectivity index (χ0) is 14.9. The third-order valence-corrected chi connectivity index (χ3v) is 4.21. The quantitative estimate of drug-likeness (QED) is 0.698. The molecule has 0 spiro atoms. The number of esters is 1. The van der Waals surface area contributed by atoms with Gasteiger partial charge in [-0.2, -0.15) is 0 Å². The van der Waals surface area contributed by atoms with Crippen LogP contribution in [-0.4, -0.2) is 42.5 Å². The third kappa shape index (κ3) is 2.42. The number of hydrogen-bond acceptors (Lipinski definition) is 4. The van der Waals surface area contributed by atoms with Crippen LogP contribution in [0.3, 0.4) is 0 Å². The fourth-order valence-electron chi connectivity index (χ4n) is 3.11. The minimum absolute atomic E-state index is 0.0791. The monoisotopic (exact) mass is 299 g/mol. The van der Waals surface area contributed by atoms with Gasteiger partial charge in [-0.05, 0) is 18.6 Å². The second kappa shape index (κ2) is 5.59. The first kappa shape index (κ1) is 13.5. The molecule has 2 saturated heterocycles. The Labute approximate surface area is 127 Å². The van der Waals surface area contributed by atoms with Gasteiger partial charge in [-0.25, -0.2) is 4.79 Å². The van der Waals surface area contributed by atoms with Gasteiger partial charge in [0, 0.05) is 35.3 Å². The maximum Gasteiger partial charge on any atom is 0.331 e. The minimum atomic E-state index is -0.366. The molecule has 2 aromatic rings. The van der Waals surface area contributed by atoms with Gasteiger partial charge in [0.1, 0.15) is 6.10 Å². The van der Waals surface area contributed by atoms with E-state index in [1.54, 1.807) is 6.08 Å². The van der Waals surface area contributed by atoms with Crippen LogP contribution >= 0.6 is 0 Å². The maximum atomic E-state index is 12.0. The summed E-state index contributed by atoms with van der Waals surface area (Å²) in [6.07, 6.45) is 5.66. The van der Waals surface area contributed by atoms with Crippen LogP contribution in [0.5, 0.6) is 0 Å². The lowest BCUT2D eigenvalue weighted by Crippen LogP contribution is -2.31. The molecular formula is C17H17NO4. The number of fused-ring (bicyclic) bond motifs is 2. The predicted octanol–water partition coefficient (Wildman–Crippen LogP) is 2.28. The summed E-state index contributed by atoms with van der Waals surface area (Å²) in [7, 11) is 0. The van der Waals surface area contributed by atoms with Crippen molar-refractivity contribution in [2.75, 3.05) is 13.2 Å². The van der Waals surface area contributed by atoms with E-state index in [1.807, 2.05) is 30.5 Å². The number of carbonyl (C=O) groups excluding carboxylic acids is 1. The summed E-state index contributed by atoms with van der Waals surface area (Å²) in [5.41, 5.74) is 2.01. The molecule has 22 heavy (non-hydrogen) atoms. The lowest BCUT2D eigenvalue weighted by molar-refractivity contribution is -0.147. The fourth-order valence-corrected chi connectivity index (χ4v) is 3.11. The van der Waals surface area contributed by atoms with Gasteiger partial charge in [0.05, 0.1) is 12.7 Å². The number of aromatic amines is 1. The van der Waals surface area contributed by atoms with Crippen molar-refractivity contribution < 1.29 is 19.0 Å². The molecular weight excluding hydrogens is 282 g/mol. The molecule has 3 heterocycles. The largest absolute Gasteiger partial charge is 0.454 e. The van der Waals surface area contributed by atoms with E-state index in [9.17, 15) is 4.79 Å². The Hall–Kier alpha value is -2.11. The molecule has 5 heteroatoms. The summed E-state index contributed by atoms with van der Waals surface area (Å²) in [5, 5.41) is 1.08. The van der Waals surface area contributed by atoms with Gasteiger partial charge in [0.25, 0.3) is 0 Å². The molecule has 4 rings (SSSR count). The van der Waals surface area contributed by atoms with Crippen molar-refractivity contribution in [2.45, 2.75) is 24.7 Å². The maximum absolute atomic E-state index is 12.0. The van der Waals surface area contributed by atoms with Gasteiger partial charge >= 0.3 is 5.97 Å². The standard InChI is InChI=1S/C17H17NO4/c19-16(22-15-10-21-14-7-8-20-17(14)15)6-5-11-9-18-13-4-2-1-3-12(11)13/h1-6,9,14-15,17-18H,7-8,10H2/b6-5+/t14-,15+,17-/m1/s1. The molecule has 3 atom stereocenters. The average Bonchev–Trinajstić information content (AvgIpc) is 3.22. The molecule has 114 valence electrons. The van der Waals surface area contributed by atoms with Crippen molar-refractivity contribution in [1.29, 1.82) is 0 Å². The number of H-pyrrole nitrogens is 1. The number of carbonyl (C=O) groups is 1. The Morgan fingerprint density at radius 1 is 1.32 bits per heavy atom. The first-order valence-electron chi connectivity index (χ1n) is 7.49. The number of ether oxygens (including phenoxy) is 3. The van der Waals surface area contributed by atoms with Crippen LogP contribution in [0, 0.1) is 0 Å². The fraction of sp³-hybridized carbons (Fsp3) is 0.353. The van der Waals surface area contributed by atoms with E-state index in [2.05, 4.69) is 4.98 Å².